The summed E-state index contributed by atoms with van der Waals surface area (Å²) in [6, 6.07) is 0. The van der Waals surface area contributed by atoms with Crippen molar-refractivity contribution in [2.24, 2.45) is 0 Å². The third kappa shape index (κ3) is 1.83. The van der Waals surface area contributed by atoms with Crippen LogP contribution in [0.2, 0.25) is 0 Å². The van der Waals surface area contributed by atoms with Crippen LogP contribution in [0.3, 0.4) is 0 Å². The summed E-state index contributed by atoms with van der Waals surface area (Å²) in [5.41, 5.74) is 0. The number of rotatable bonds is 0. The van der Waals surface area contributed by atoms with E-state index in [9.17, 15) is 0 Å². The molecule has 0 aromatic rings. The Morgan fingerprint density at radius 2 is 2.00 bits per heavy atom. The fourth-order valence-corrected chi connectivity index (χ4v) is 2.40. The molecule has 0 aromatic carbocycles. The number of fused-ring (bicyclic) bond motifs is 1. The van der Waals surface area contributed by atoms with Crippen LogP contribution in [0.4, 0.5) is 0 Å². The van der Waals surface area contributed by atoms with Crippen LogP contribution >= 0.6 is 0 Å². The van der Waals surface area contributed by atoms with Gasteiger partial charge < -0.3 is 5.32 Å². The van der Waals surface area contributed by atoms with Crippen molar-refractivity contribution in [3.8, 4) is 0 Å². The van der Waals surface area contributed by atoms with Gasteiger partial charge in [-0.3, -0.25) is 4.90 Å². The maximum Gasteiger partial charge on any atom is 0.123 e. The molecule has 0 spiro atoms. The Hall–Kier alpha value is -0.0151. The summed E-state index contributed by atoms with van der Waals surface area (Å²) < 4.78 is 0. The molecule has 12 heavy (non-hydrogen) atoms. The molecule has 2 unspecified atom stereocenters. The fourth-order valence-electron chi connectivity index (χ4n) is 2.40. The Balaban J connectivity index is 1.94. The van der Waals surface area contributed by atoms with Gasteiger partial charge in [-0.1, -0.05) is 12.8 Å². The predicted molar refractivity (Wildman–Crippen MR) is 53.9 cm³/mol. The van der Waals surface area contributed by atoms with E-state index < -0.39 is 0 Å². The van der Waals surface area contributed by atoms with Crippen molar-refractivity contribution in [3.63, 3.8) is 0 Å². The van der Waals surface area contributed by atoms with E-state index >= 15 is 0 Å². The van der Waals surface area contributed by atoms with Crippen LogP contribution in [0.5, 0.6) is 0 Å². The van der Waals surface area contributed by atoms with Gasteiger partial charge in [-0.15, -0.1) is 0 Å². The van der Waals surface area contributed by atoms with Gasteiger partial charge in [0.25, 0.3) is 0 Å². The van der Waals surface area contributed by atoms with Crippen molar-refractivity contribution in [2.75, 3.05) is 13.1 Å². The molecule has 0 amide bonds. The largest absolute Gasteiger partial charge is 0.307 e. The Bertz CT molecular complexity index is 151. The second-order valence-corrected chi connectivity index (χ2v) is 4.26. The van der Waals surface area contributed by atoms with E-state index in [0.29, 0.717) is 6.17 Å². The van der Waals surface area contributed by atoms with Gasteiger partial charge >= 0.3 is 0 Å². The maximum absolute atomic E-state index is 3.68. The zero-order valence-corrected chi connectivity index (χ0v) is 8.05. The number of nitrogens with one attached hydrogen (secondary N) is 1. The molecule has 0 radical (unpaired) electrons. The SMILES string of the molecule is BC1CCN2CCCCCC2N1. The van der Waals surface area contributed by atoms with Crippen LogP contribution in [0.25, 0.3) is 0 Å². The van der Waals surface area contributed by atoms with E-state index in [4.69, 9.17) is 0 Å². The molecule has 2 rings (SSSR count). The molecule has 2 saturated heterocycles. The minimum absolute atomic E-state index is 0.705. The van der Waals surface area contributed by atoms with E-state index in [1.165, 1.54) is 45.2 Å². The maximum atomic E-state index is 3.68. The molecule has 68 valence electrons. The Morgan fingerprint density at radius 1 is 1.08 bits per heavy atom. The standard InChI is InChI=1S/C9H19BN2/c10-8-5-7-12-6-3-1-2-4-9(12)11-8/h8-9,11H,1-7,10H2. The van der Waals surface area contributed by atoms with Crippen molar-refractivity contribution >= 4 is 7.85 Å². The van der Waals surface area contributed by atoms with Gasteiger partial charge in [-0.05, 0) is 31.7 Å². The van der Waals surface area contributed by atoms with Gasteiger partial charge in [0.1, 0.15) is 7.85 Å². The summed E-state index contributed by atoms with van der Waals surface area (Å²) in [5.74, 6) is 0.740. The third-order valence-electron chi connectivity index (χ3n) is 3.19. The summed E-state index contributed by atoms with van der Waals surface area (Å²) in [6.45, 7) is 2.64. The topological polar surface area (TPSA) is 15.3 Å². The molecule has 2 atom stereocenters. The summed E-state index contributed by atoms with van der Waals surface area (Å²) in [4.78, 5) is 2.63. The summed E-state index contributed by atoms with van der Waals surface area (Å²) in [5, 5.41) is 3.68. The third-order valence-corrected chi connectivity index (χ3v) is 3.19. The number of nitrogens with zero attached hydrogens (tertiary/aromatic N) is 1. The molecule has 2 fully saturated rings. The highest BCUT2D eigenvalue weighted by Crippen LogP contribution is 2.18. The Labute approximate surface area is 76.1 Å². The summed E-state index contributed by atoms with van der Waals surface area (Å²) >= 11 is 0. The molecule has 0 aliphatic carbocycles. The van der Waals surface area contributed by atoms with Crippen molar-refractivity contribution in [1.82, 2.24) is 10.2 Å². The van der Waals surface area contributed by atoms with Gasteiger partial charge in [0.2, 0.25) is 0 Å². The van der Waals surface area contributed by atoms with Crippen molar-refractivity contribution < 1.29 is 0 Å². The molecule has 3 heteroatoms. The predicted octanol–water partition coefficient (Wildman–Crippen LogP) is 0.141. The smallest absolute Gasteiger partial charge is 0.123 e. The van der Waals surface area contributed by atoms with Gasteiger partial charge in [0.05, 0.1) is 6.17 Å². The highest BCUT2D eigenvalue weighted by atomic mass is 15.3. The van der Waals surface area contributed by atoms with Crippen LogP contribution < -0.4 is 5.32 Å². The average Bonchev–Trinajstić information content (AvgIpc) is 2.28. The molecule has 0 bridgehead atoms. The molecular formula is C9H19BN2. The second-order valence-electron chi connectivity index (χ2n) is 4.26. The van der Waals surface area contributed by atoms with E-state index in [2.05, 4.69) is 18.1 Å². The summed E-state index contributed by atoms with van der Waals surface area (Å²) in [7, 11) is 2.31. The lowest BCUT2D eigenvalue weighted by Crippen LogP contribution is -2.55. The van der Waals surface area contributed by atoms with Gasteiger partial charge in [-0.2, -0.15) is 0 Å². The molecule has 0 saturated carbocycles. The molecule has 2 heterocycles. The Morgan fingerprint density at radius 3 is 2.92 bits per heavy atom. The average molecular weight is 166 g/mol. The highest BCUT2D eigenvalue weighted by Gasteiger charge is 2.25. The van der Waals surface area contributed by atoms with Gasteiger partial charge in [0, 0.05) is 6.54 Å². The molecule has 2 aliphatic heterocycles. The van der Waals surface area contributed by atoms with Crippen LogP contribution in [-0.2, 0) is 0 Å². The zero-order chi connectivity index (χ0) is 8.39. The van der Waals surface area contributed by atoms with Crippen LogP contribution in [0.1, 0.15) is 32.1 Å². The molecule has 0 aromatic heterocycles. The monoisotopic (exact) mass is 166 g/mol. The molecular weight excluding hydrogens is 147 g/mol. The molecule has 2 aliphatic rings. The normalized spacial score (nSPS) is 38.7. The lowest BCUT2D eigenvalue weighted by molar-refractivity contribution is 0.125. The second kappa shape index (κ2) is 3.80. The summed E-state index contributed by atoms with van der Waals surface area (Å²) in [6.07, 6.45) is 7.66. The quantitative estimate of drug-likeness (QED) is 0.515. The van der Waals surface area contributed by atoms with Crippen molar-refractivity contribution in [2.45, 2.75) is 44.2 Å². The first-order valence-corrected chi connectivity index (χ1v) is 5.36. The van der Waals surface area contributed by atoms with E-state index in [1.54, 1.807) is 0 Å². The van der Waals surface area contributed by atoms with Crippen molar-refractivity contribution in [1.29, 1.82) is 0 Å². The minimum atomic E-state index is 0.705. The van der Waals surface area contributed by atoms with Crippen LogP contribution in [-0.4, -0.2) is 37.9 Å². The molecule has 1 N–H and O–H groups in total. The lowest BCUT2D eigenvalue weighted by atomic mass is 9.90. The molecule has 2 nitrogen and oxygen atoms in total. The van der Waals surface area contributed by atoms with Gasteiger partial charge in [0.15, 0.2) is 0 Å². The lowest BCUT2D eigenvalue weighted by Gasteiger charge is -2.38. The first kappa shape index (κ1) is 8.58. The number of hydrogen-bond acceptors (Lipinski definition) is 2. The van der Waals surface area contributed by atoms with Gasteiger partial charge in [-0.25, -0.2) is 0 Å². The van der Waals surface area contributed by atoms with E-state index in [1.807, 2.05) is 0 Å². The highest BCUT2D eigenvalue weighted by molar-refractivity contribution is 6.11. The first-order chi connectivity index (χ1) is 5.86. The fraction of sp³-hybridized carbons (Fsp3) is 1.00. The Kier molecular flexibility index (Phi) is 2.71. The minimum Gasteiger partial charge on any atom is -0.307 e. The van der Waals surface area contributed by atoms with E-state index in [-0.39, 0.29) is 0 Å². The number of hydrogen-bond donors (Lipinski definition) is 1. The zero-order valence-electron chi connectivity index (χ0n) is 8.05. The van der Waals surface area contributed by atoms with Crippen LogP contribution in [0.15, 0.2) is 0 Å². The van der Waals surface area contributed by atoms with Crippen LogP contribution in [0, 0.1) is 0 Å². The van der Waals surface area contributed by atoms with E-state index in [0.717, 1.165) is 5.94 Å². The van der Waals surface area contributed by atoms with Crippen molar-refractivity contribution in [3.05, 3.63) is 0 Å². The first-order valence-electron chi connectivity index (χ1n) is 5.36.